The lowest BCUT2D eigenvalue weighted by molar-refractivity contribution is -0.151. The number of hydrogen-bond acceptors (Lipinski definition) is 5. The van der Waals surface area contributed by atoms with Crippen LogP contribution in [0.5, 0.6) is 0 Å². The molecule has 6 nitrogen and oxygen atoms in total. The van der Waals surface area contributed by atoms with Crippen LogP contribution in [0.1, 0.15) is 23.2 Å². The summed E-state index contributed by atoms with van der Waals surface area (Å²) in [5, 5.41) is 14.3. The Morgan fingerprint density at radius 2 is 1.87 bits per heavy atom. The maximum absolute atomic E-state index is 12.7. The fourth-order valence-electron chi connectivity index (χ4n) is 3.56. The molecule has 23 heavy (non-hydrogen) atoms. The van der Waals surface area contributed by atoms with Gasteiger partial charge >= 0.3 is 11.9 Å². The Morgan fingerprint density at radius 1 is 1.22 bits per heavy atom. The van der Waals surface area contributed by atoms with Gasteiger partial charge in [0.1, 0.15) is 5.00 Å². The van der Waals surface area contributed by atoms with E-state index in [1.165, 1.54) is 18.4 Å². The molecule has 1 aromatic rings. The van der Waals surface area contributed by atoms with Crippen LogP contribution >= 0.6 is 11.3 Å². The Labute approximate surface area is 137 Å². The molecular weight excluding hydrogens is 318 g/mol. The summed E-state index contributed by atoms with van der Waals surface area (Å²) in [6.07, 6.45) is 5.49. The number of aliphatic carboxylic acids is 1. The van der Waals surface area contributed by atoms with E-state index in [1.807, 2.05) is 12.2 Å². The SMILES string of the molecule is COC(=O)c1ccsc1NC(=O)C1C2C=CC(CC2)C1C(=O)O. The molecule has 0 saturated heterocycles. The molecule has 1 saturated carbocycles. The van der Waals surface area contributed by atoms with Gasteiger partial charge in [0.2, 0.25) is 5.91 Å². The molecule has 3 aliphatic rings. The first-order chi connectivity index (χ1) is 11.0. The van der Waals surface area contributed by atoms with Crippen LogP contribution in [0, 0.1) is 23.7 Å². The van der Waals surface area contributed by atoms with Crippen molar-refractivity contribution in [3.63, 3.8) is 0 Å². The molecule has 1 amide bonds. The number of thiophene rings is 1. The van der Waals surface area contributed by atoms with Crippen molar-refractivity contribution in [1.82, 2.24) is 0 Å². The van der Waals surface area contributed by atoms with Gasteiger partial charge in [-0.15, -0.1) is 11.3 Å². The van der Waals surface area contributed by atoms with E-state index in [1.54, 1.807) is 11.4 Å². The predicted octanol–water partition coefficient (Wildman–Crippen LogP) is 2.39. The van der Waals surface area contributed by atoms with Crippen LogP contribution in [0.2, 0.25) is 0 Å². The van der Waals surface area contributed by atoms with Gasteiger partial charge in [-0.3, -0.25) is 9.59 Å². The van der Waals surface area contributed by atoms with Crippen LogP contribution < -0.4 is 5.32 Å². The standard InChI is InChI=1S/C16H17NO5S/c1-22-16(21)10-6-7-23-14(10)17-13(18)11-8-2-4-9(5-3-8)12(11)15(19)20/h2,4,6-9,11-12H,3,5H2,1H3,(H,17,18)(H,19,20). The summed E-state index contributed by atoms with van der Waals surface area (Å²) in [6.45, 7) is 0. The Hall–Kier alpha value is -2.15. The molecule has 2 N–H and O–H groups in total. The number of carboxylic acids is 1. The number of nitrogens with one attached hydrogen (secondary N) is 1. The summed E-state index contributed by atoms with van der Waals surface area (Å²) < 4.78 is 4.68. The number of fused-ring (bicyclic) bond motifs is 2. The molecule has 0 spiro atoms. The second-order valence-corrected chi connectivity index (χ2v) is 6.74. The molecule has 0 aliphatic heterocycles. The number of carbonyl (C=O) groups excluding carboxylic acids is 2. The van der Waals surface area contributed by atoms with Crippen molar-refractivity contribution in [2.24, 2.45) is 23.7 Å². The highest BCUT2D eigenvalue weighted by molar-refractivity contribution is 7.14. The zero-order valence-corrected chi connectivity index (χ0v) is 13.3. The molecule has 3 aliphatic carbocycles. The molecule has 0 aromatic carbocycles. The van der Waals surface area contributed by atoms with Gasteiger partial charge in [-0.25, -0.2) is 4.79 Å². The van der Waals surface area contributed by atoms with E-state index in [4.69, 9.17) is 0 Å². The van der Waals surface area contributed by atoms with E-state index >= 15 is 0 Å². The Balaban J connectivity index is 1.83. The molecule has 122 valence electrons. The van der Waals surface area contributed by atoms with Gasteiger partial charge in [-0.1, -0.05) is 12.2 Å². The molecule has 1 fully saturated rings. The number of hydrogen-bond donors (Lipinski definition) is 2. The van der Waals surface area contributed by atoms with Gasteiger partial charge in [-0.2, -0.15) is 0 Å². The first-order valence-electron chi connectivity index (χ1n) is 7.40. The third-order valence-corrected chi connectivity index (χ3v) is 5.47. The lowest BCUT2D eigenvalue weighted by Gasteiger charge is -2.41. The van der Waals surface area contributed by atoms with E-state index < -0.39 is 23.8 Å². The van der Waals surface area contributed by atoms with Crippen LogP contribution in [0.15, 0.2) is 23.6 Å². The highest BCUT2D eigenvalue weighted by Crippen LogP contribution is 2.45. The first-order valence-corrected chi connectivity index (χ1v) is 8.28. The van der Waals surface area contributed by atoms with Crippen LogP contribution in [0.25, 0.3) is 0 Å². The number of carboxylic acid groups (broad SMARTS) is 1. The van der Waals surface area contributed by atoms with E-state index in [-0.39, 0.29) is 23.3 Å². The topological polar surface area (TPSA) is 92.7 Å². The Kier molecular flexibility index (Phi) is 4.21. The van der Waals surface area contributed by atoms with Crippen LogP contribution in [0.3, 0.4) is 0 Å². The third kappa shape index (κ3) is 2.76. The molecule has 4 rings (SSSR count). The fourth-order valence-corrected chi connectivity index (χ4v) is 4.34. The van der Waals surface area contributed by atoms with Crippen LogP contribution in [0.4, 0.5) is 5.00 Å². The minimum absolute atomic E-state index is 0.0670. The molecule has 1 heterocycles. The second kappa shape index (κ2) is 6.16. The number of carbonyl (C=O) groups is 3. The zero-order valence-electron chi connectivity index (χ0n) is 12.5. The predicted molar refractivity (Wildman–Crippen MR) is 84.3 cm³/mol. The van der Waals surface area contributed by atoms with E-state index in [2.05, 4.69) is 10.1 Å². The largest absolute Gasteiger partial charge is 0.481 e. The van der Waals surface area contributed by atoms with Gasteiger partial charge in [0.05, 0.1) is 24.5 Å². The Bertz CT molecular complexity index is 680. The summed E-state index contributed by atoms with van der Waals surface area (Å²) in [5.74, 6) is -3.29. The normalized spacial score (nSPS) is 28.4. The third-order valence-electron chi connectivity index (χ3n) is 4.64. The summed E-state index contributed by atoms with van der Waals surface area (Å²) in [4.78, 5) is 36.0. The number of anilines is 1. The lowest BCUT2D eigenvalue weighted by Crippen LogP contribution is -2.47. The fraction of sp³-hybridized carbons (Fsp3) is 0.438. The zero-order chi connectivity index (χ0) is 16.6. The number of amides is 1. The van der Waals surface area contributed by atoms with Gasteiger partial charge in [-0.05, 0) is 36.1 Å². The smallest absolute Gasteiger partial charge is 0.340 e. The van der Waals surface area contributed by atoms with Crippen molar-refractivity contribution < 1.29 is 24.2 Å². The highest BCUT2D eigenvalue weighted by Gasteiger charge is 2.48. The summed E-state index contributed by atoms with van der Waals surface area (Å²) in [5.41, 5.74) is 0.286. The number of ether oxygens (including phenoxy) is 1. The molecular formula is C16H17NO5S. The lowest BCUT2D eigenvalue weighted by atomic mass is 9.62. The molecule has 7 heteroatoms. The number of methoxy groups -OCH3 is 1. The molecule has 1 aromatic heterocycles. The average Bonchev–Trinajstić information content (AvgIpc) is 3.02. The van der Waals surface area contributed by atoms with Gasteiger partial charge in [0.25, 0.3) is 0 Å². The average molecular weight is 335 g/mol. The van der Waals surface area contributed by atoms with Gasteiger partial charge in [0.15, 0.2) is 0 Å². The van der Waals surface area contributed by atoms with Crippen molar-refractivity contribution in [1.29, 1.82) is 0 Å². The molecule has 4 unspecified atom stereocenters. The van der Waals surface area contributed by atoms with Gasteiger partial charge in [0, 0.05) is 0 Å². The van der Waals surface area contributed by atoms with Gasteiger partial charge < -0.3 is 15.2 Å². The minimum atomic E-state index is -0.941. The summed E-state index contributed by atoms with van der Waals surface area (Å²) >= 11 is 1.22. The van der Waals surface area contributed by atoms with Crippen LogP contribution in [-0.2, 0) is 14.3 Å². The monoisotopic (exact) mass is 335 g/mol. The minimum Gasteiger partial charge on any atom is -0.481 e. The van der Waals surface area contributed by atoms with Crippen LogP contribution in [-0.4, -0.2) is 30.1 Å². The summed E-state index contributed by atoms with van der Waals surface area (Å²) in [7, 11) is 1.27. The van der Waals surface area contributed by atoms with E-state index in [9.17, 15) is 19.5 Å². The quantitative estimate of drug-likeness (QED) is 0.651. The first kappa shape index (κ1) is 15.7. The van der Waals surface area contributed by atoms with Crippen molar-refractivity contribution in [2.45, 2.75) is 12.8 Å². The maximum atomic E-state index is 12.7. The van der Waals surface area contributed by atoms with E-state index in [0.717, 1.165) is 12.8 Å². The number of esters is 1. The van der Waals surface area contributed by atoms with Crippen molar-refractivity contribution in [3.05, 3.63) is 29.2 Å². The molecule has 4 atom stereocenters. The highest BCUT2D eigenvalue weighted by atomic mass is 32.1. The van der Waals surface area contributed by atoms with E-state index in [0.29, 0.717) is 5.00 Å². The maximum Gasteiger partial charge on any atom is 0.340 e. The molecule has 0 radical (unpaired) electrons. The van der Waals surface area contributed by atoms with Crippen molar-refractivity contribution in [2.75, 3.05) is 12.4 Å². The Morgan fingerprint density at radius 3 is 2.43 bits per heavy atom. The van der Waals surface area contributed by atoms with Crippen molar-refractivity contribution in [3.8, 4) is 0 Å². The second-order valence-electron chi connectivity index (χ2n) is 5.82. The molecule has 2 bridgehead atoms. The number of rotatable bonds is 4. The number of allylic oxidation sites excluding steroid dienone is 2. The van der Waals surface area contributed by atoms with Crippen molar-refractivity contribution >= 4 is 34.2 Å². The summed E-state index contributed by atoms with van der Waals surface area (Å²) in [6, 6.07) is 1.58.